The van der Waals surface area contributed by atoms with Crippen LogP contribution in [0.4, 0.5) is 0 Å². The molecule has 1 N–H and O–H groups in total. The van der Waals surface area contributed by atoms with Crippen molar-refractivity contribution in [2.24, 2.45) is 0 Å². The largest absolute Gasteiger partial charge is 0.313 e. The summed E-state index contributed by atoms with van der Waals surface area (Å²) in [7, 11) is 0. The second-order valence-electron chi connectivity index (χ2n) is 6.00. The number of halogens is 1. The maximum absolute atomic E-state index is 4.73. The second kappa shape index (κ2) is 7.75. The summed E-state index contributed by atoms with van der Waals surface area (Å²) in [5.41, 5.74) is 2.51. The lowest BCUT2D eigenvalue weighted by molar-refractivity contribution is 0.188. The molecule has 5 heteroatoms. The SMILES string of the molecule is CCc1nn(CC)c(CN2CC(CC)NCCC2C)c1Br. The number of aryl methyl sites for hydroxylation is 2. The van der Waals surface area contributed by atoms with Crippen molar-refractivity contribution in [2.75, 3.05) is 13.1 Å². The minimum atomic E-state index is 0.609. The Labute approximate surface area is 137 Å². The van der Waals surface area contributed by atoms with E-state index in [2.05, 4.69) is 58.5 Å². The van der Waals surface area contributed by atoms with Gasteiger partial charge in [0.05, 0.1) is 15.9 Å². The summed E-state index contributed by atoms with van der Waals surface area (Å²) >= 11 is 3.78. The predicted octanol–water partition coefficient (Wildman–Crippen LogP) is 3.19. The Morgan fingerprint density at radius 3 is 2.71 bits per heavy atom. The summed E-state index contributed by atoms with van der Waals surface area (Å²) in [6.07, 6.45) is 3.39. The van der Waals surface area contributed by atoms with Gasteiger partial charge in [-0.15, -0.1) is 0 Å². The molecule has 2 heterocycles. The van der Waals surface area contributed by atoms with Gasteiger partial charge in [-0.05, 0) is 55.6 Å². The highest BCUT2D eigenvalue weighted by atomic mass is 79.9. The molecule has 2 rings (SSSR count). The Balaban J connectivity index is 2.20. The third kappa shape index (κ3) is 3.88. The summed E-state index contributed by atoms with van der Waals surface area (Å²) in [6.45, 7) is 13.1. The number of hydrogen-bond donors (Lipinski definition) is 1. The van der Waals surface area contributed by atoms with Crippen molar-refractivity contribution in [3.63, 3.8) is 0 Å². The molecule has 2 atom stereocenters. The standard InChI is InChI=1S/C16H29BrN4/c1-5-13-10-20(12(4)8-9-18-13)11-15-16(17)14(6-2)19-21(15)7-3/h12-13,18H,5-11H2,1-4H3. The van der Waals surface area contributed by atoms with E-state index in [9.17, 15) is 0 Å². The Kier molecular flexibility index (Phi) is 6.26. The smallest absolute Gasteiger partial charge is 0.0767 e. The first-order valence-electron chi connectivity index (χ1n) is 8.32. The lowest BCUT2D eigenvalue weighted by atomic mass is 10.1. The molecule has 0 spiro atoms. The van der Waals surface area contributed by atoms with Crippen LogP contribution in [0, 0.1) is 0 Å². The van der Waals surface area contributed by atoms with Crippen molar-refractivity contribution < 1.29 is 0 Å². The van der Waals surface area contributed by atoms with Crippen LogP contribution in [0.1, 0.15) is 51.9 Å². The number of rotatable bonds is 5. The molecule has 1 aromatic heterocycles. The third-order valence-corrected chi connectivity index (χ3v) is 5.53. The van der Waals surface area contributed by atoms with Gasteiger partial charge in [0.2, 0.25) is 0 Å². The van der Waals surface area contributed by atoms with Gasteiger partial charge >= 0.3 is 0 Å². The van der Waals surface area contributed by atoms with Crippen LogP contribution in [0.25, 0.3) is 0 Å². The molecule has 0 aromatic carbocycles. The van der Waals surface area contributed by atoms with Crippen molar-refractivity contribution in [1.29, 1.82) is 0 Å². The first-order chi connectivity index (χ1) is 10.1. The molecule has 2 unspecified atom stereocenters. The molecule has 120 valence electrons. The van der Waals surface area contributed by atoms with Gasteiger partial charge < -0.3 is 5.32 Å². The molecule has 0 saturated carbocycles. The van der Waals surface area contributed by atoms with Crippen LogP contribution in [-0.2, 0) is 19.5 Å². The Hall–Kier alpha value is -0.390. The van der Waals surface area contributed by atoms with Crippen molar-refractivity contribution in [3.05, 3.63) is 15.9 Å². The average molecular weight is 357 g/mol. The van der Waals surface area contributed by atoms with Crippen LogP contribution >= 0.6 is 15.9 Å². The zero-order chi connectivity index (χ0) is 15.4. The minimum Gasteiger partial charge on any atom is -0.313 e. The molecule has 21 heavy (non-hydrogen) atoms. The van der Waals surface area contributed by atoms with Gasteiger partial charge in [-0.25, -0.2) is 0 Å². The molecule has 1 aliphatic rings. The van der Waals surface area contributed by atoms with Crippen molar-refractivity contribution in [3.8, 4) is 0 Å². The quantitative estimate of drug-likeness (QED) is 0.879. The van der Waals surface area contributed by atoms with Crippen molar-refractivity contribution in [2.45, 2.75) is 72.1 Å². The van der Waals surface area contributed by atoms with Crippen LogP contribution in [0.2, 0.25) is 0 Å². The molecule has 1 saturated heterocycles. The van der Waals surface area contributed by atoms with E-state index in [1.807, 2.05) is 0 Å². The highest BCUT2D eigenvalue weighted by Crippen LogP contribution is 2.25. The molecule has 0 aliphatic carbocycles. The fourth-order valence-corrected chi connectivity index (χ4v) is 3.75. The number of nitrogens with one attached hydrogen (secondary N) is 1. The Morgan fingerprint density at radius 2 is 2.10 bits per heavy atom. The maximum Gasteiger partial charge on any atom is 0.0767 e. The zero-order valence-corrected chi connectivity index (χ0v) is 15.4. The van der Waals surface area contributed by atoms with Crippen LogP contribution in [0.5, 0.6) is 0 Å². The number of hydrogen-bond acceptors (Lipinski definition) is 3. The average Bonchev–Trinajstić information content (AvgIpc) is 2.68. The minimum absolute atomic E-state index is 0.609. The fourth-order valence-electron chi connectivity index (χ4n) is 3.06. The first kappa shape index (κ1) is 17.0. The normalized spacial score (nSPS) is 24.2. The van der Waals surface area contributed by atoms with Crippen LogP contribution < -0.4 is 5.32 Å². The van der Waals surface area contributed by atoms with Gasteiger partial charge in [-0.2, -0.15) is 5.10 Å². The second-order valence-corrected chi connectivity index (χ2v) is 6.80. The van der Waals surface area contributed by atoms with E-state index in [0.29, 0.717) is 12.1 Å². The van der Waals surface area contributed by atoms with Gasteiger partial charge in [0.25, 0.3) is 0 Å². The Morgan fingerprint density at radius 1 is 1.33 bits per heavy atom. The first-order valence-corrected chi connectivity index (χ1v) is 9.11. The topological polar surface area (TPSA) is 33.1 Å². The van der Waals surface area contributed by atoms with Crippen molar-refractivity contribution >= 4 is 15.9 Å². The molecule has 1 aliphatic heterocycles. The van der Waals surface area contributed by atoms with E-state index >= 15 is 0 Å². The van der Waals surface area contributed by atoms with E-state index in [-0.39, 0.29) is 0 Å². The fraction of sp³-hybridized carbons (Fsp3) is 0.812. The lowest BCUT2D eigenvalue weighted by Crippen LogP contribution is -2.39. The van der Waals surface area contributed by atoms with E-state index in [0.717, 1.165) is 32.6 Å². The van der Waals surface area contributed by atoms with E-state index in [1.54, 1.807) is 0 Å². The van der Waals surface area contributed by atoms with E-state index < -0.39 is 0 Å². The highest BCUT2D eigenvalue weighted by molar-refractivity contribution is 9.10. The van der Waals surface area contributed by atoms with E-state index in [1.165, 1.54) is 28.7 Å². The van der Waals surface area contributed by atoms with Gasteiger partial charge in [-0.1, -0.05) is 13.8 Å². The predicted molar refractivity (Wildman–Crippen MR) is 91.5 cm³/mol. The molecule has 0 radical (unpaired) electrons. The monoisotopic (exact) mass is 356 g/mol. The third-order valence-electron chi connectivity index (χ3n) is 4.61. The van der Waals surface area contributed by atoms with Gasteiger partial charge in [0.1, 0.15) is 0 Å². The van der Waals surface area contributed by atoms with Gasteiger partial charge in [-0.3, -0.25) is 9.58 Å². The maximum atomic E-state index is 4.73. The molecule has 0 bridgehead atoms. The molecule has 4 nitrogen and oxygen atoms in total. The van der Waals surface area contributed by atoms with Gasteiger partial charge in [0.15, 0.2) is 0 Å². The number of nitrogens with zero attached hydrogens (tertiary/aromatic N) is 3. The highest BCUT2D eigenvalue weighted by Gasteiger charge is 2.24. The molecular weight excluding hydrogens is 328 g/mol. The summed E-state index contributed by atoms with van der Waals surface area (Å²) in [5.74, 6) is 0. The molecule has 1 aromatic rings. The molecule has 1 fully saturated rings. The molecular formula is C16H29BrN4. The van der Waals surface area contributed by atoms with Gasteiger partial charge in [0, 0.05) is 31.7 Å². The lowest BCUT2D eigenvalue weighted by Gasteiger charge is -2.29. The number of aromatic nitrogens is 2. The summed E-state index contributed by atoms with van der Waals surface area (Å²) in [5, 5.41) is 8.39. The summed E-state index contributed by atoms with van der Waals surface area (Å²) in [6, 6.07) is 1.23. The Bertz CT molecular complexity index is 457. The van der Waals surface area contributed by atoms with Crippen molar-refractivity contribution in [1.82, 2.24) is 20.0 Å². The zero-order valence-electron chi connectivity index (χ0n) is 13.8. The van der Waals surface area contributed by atoms with Crippen LogP contribution in [0.15, 0.2) is 4.47 Å². The summed E-state index contributed by atoms with van der Waals surface area (Å²) in [4.78, 5) is 2.61. The summed E-state index contributed by atoms with van der Waals surface area (Å²) < 4.78 is 3.37. The van der Waals surface area contributed by atoms with E-state index in [4.69, 9.17) is 5.10 Å². The molecule has 0 amide bonds. The van der Waals surface area contributed by atoms with Crippen LogP contribution in [0.3, 0.4) is 0 Å². The van der Waals surface area contributed by atoms with Crippen LogP contribution in [-0.4, -0.2) is 39.9 Å².